The number of nitrogens with two attached hydrogens (primary N) is 1. The van der Waals surface area contributed by atoms with Crippen LogP contribution in [-0.2, 0) is 20.0 Å². The zero-order chi connectivity index (χ0) is 20.7. The summed E-state index contributed by atoms with van der Waals surface area (Å²) >= 11 is 3.50. The highest BCUT2D eigenvalue weighted by molar-refractivity contribution is 9.10. The van der Waals surface area contributed by atoms with Crippen molar-refractivity contribution in [1.82, 2.24) is 14.7 Å². The Morgan fingerprint density at radius 3 is 2.55 bits per heavy atom. The number of halogens is 3. The molecular weight excluding hydrogens is 442 g/mol. The second-order valence-corrected chi connectivity index (χ2v) is 8.00. The Morgan fingerprint density at radius 2 is 1.93 bits per heavy atom. The summed E-state index contributed by atoms with van der Waals surface area (Å²) in [5.41, 5.74) is 9.78. The first kappa shape index (κ1) is 19.7. The number of aryl methyl sites for hydroxylation is 1. The van der Waals surface area contributed by atoms with Gasteiger partial charge >= 0.3 is 0 Å². The maximum atomic E-state index is 13.5. The maximum absolute atomic E-state index is 13.5. The highest BCUT2D eigenvalue weighted by Crippen LogP contribution is 2.33. The first-order chi connectivity index (χ1) is 13.9. The van der Waals surface area contributed by atoms with Gasteiger partial charge in [0, 0.05) is 43.4 Å². The van der Waals surface area contributed by atoms with E-state index in [0.717, 1.165) is 27.4 Å². The van der Waals surface area contributed by atoms with Gasteiger partial charge in [0.25, 0.3) is 5.91 Å². The van der Waals surface area contributed by atoms with Gasteiger partial charge < -0.3 is 10.6 Å². The van der Waals surface area contributed by atoms with Crippen LogP contribution in [0.25, 0.3) is 11.3 Å². The third-order valence-electron chi connectivity index (χ3n) is 5.21. The minimum absolute atomic E-state index is 0.122. The van der Waals surface area contributed by atoms with Gasteiger partial charge in [-0.2, -0.15) is 5.10 Å². The number of hydrogen-bond donors (Lipinski definition) is 1. The van der Waals surface area contributed by atoms with Gasteiger partial charge in [-0.05, 0) is 57.7 Å². The van der Waals surface area contributed by atoms with Crippen molar-refractivity contribution in [2.24, 2.45) is 12.8 Å². The van der Waals surface area contributed by atoms with E-state index in [1.807, 2.05) is 25.2 Å². The average molecular weight is 461 g/mol. The van der Waals surface area contributed by atoms with E-state index < -0.39 is 11.6 Å². The molecule has 0 unspecified atom stereocenters. The molecule has 3 aromatic rings. The normalized spacial score (nSPS) is 14.4. The van der Waals surface area contributed by atoms with Gasteiger partial charge in [-0.3, -0.25) is 9.48 Å². The van der Waals surface area contributed by atoms with Crippen molar-refractivity contribution in [1.29, 1.82) is 0 Å². The highest BCUT2D eigenvalue weighted by Gasteiger charge is 2.32. The third kappa shape index (κ3) is 3.70. The number of carbonyl (C=O) groups excluding carboxylic acids is 1. The molecule has 1 amide bonds. The van der Waals surface area contributed by atoms with Crippen LogP contribution in [0.2, 0.25) is 0 Å². The second kappa shape index (κ2) is 7.68. The summed E-state index contributed by atoms with van der Waals surface area (Å²) in [5, 5.41) is 4.23. The van der Waals surface area contributed by atoms with Crippen LogP contribution in [0.3, 0.4) is 0 Å². The molecule has 1 aliphatic heterocycles. The van der Waals surface area contributed by atoms with Crippen LogP contribution >= 0.6 is 15.9 Å². The largest absolute Gasteiger partial charge is 0.330 e. The Morgan fingerprint density at radius 1 is 1.21 bits per heavy atom. The topological polar surface area (TPSA) is 64.2 Å². The van der Waals surface area contributed by atoms with Gasteiger partial charge in [-0.15, -0.1) is 0 Å². The molecule has 0 bridgehead atoms. The van der Waals surface area contributed by atoms with Crippen molar-refractivity contribution in [2.75, 3.05) is 6.54 Å². The Balaban J connectivity index is 1.61. The molecule has 1 aliphatic rings. The highest BCUT2D eigenvalue weighted by atomic mass is 79.9. The van der Waals surface area contributed by atoms with Gasteiger partial charge in [0.15, 0.2) is 0 Å². The molecule has 5 nitrogen and oxygen atoms in total. The molecule has 1 aromatic heterocycles. The number of carbonyl (C=O) groups is 1. The fourth-order valence-electron chi connectivity index (χ4n) is 3.84. The van der Waals surface area contributed by atoms with Crippen molar-refractivity contribution in [3.8, 4) is 11.3 Å². The summed E-state index contributed by atoms with van der Waals surface area (Å²) in [5.74, 6) is -1.40. The first-order valence-corrected chi connectivity index (χ1v) is 9.93. The standard InChI is InChI=1S/C21H19BrF2N4O/c1-27-20(19(22)10-26-27)13-2-3-18-14(7-13)11-28(21(18)29)17(9-25)6-12-4-15(23)8-16(24)5-12/h2-5,7-8,10,17H,6,9,11,25H2,1H3/t17-/m0/s1. The molecule has 2 aromatic carbocycles. The Labute approximate surface area is 175 Å². The Kier molecular flexibility index (Phi) is 5.23. The molecule has 2 N–H and O–H groups in total. The summed E-state index contributed by atoms with van der Waals surface area (Å²) in [4.78, 5) is 14.6. The van der Waals surface area contributed by atoms with Crippen LogP contribution in [0.5, 0.6) is 0 Å². The molecule has 0 aliphatic carbocycles. The maximum Gasteiger partial charge on any atom is 0.254 e. The van der Waals surface area contributed by atoms with Crippen LogP contribution in [-0.4, -0.2) is 33.2 Å². The predicted molar refractivity (Wildman–Crippen MR) is 109 cm³/mol. The summed E-state index contributed by atoms with van der Waals surface area (Å²) in [6, 6.07) is 8.70. The molecule has 2 heterocycles. The lowest BCUT2D eigenvalue weighted by atomic mass is 10.0. The Bertz CT molecular complexity index is 1060. The molecular formula is C21H19BrF2N4O. The van der Waals surface area contributed by atoms with Gasteiger partial charge in [0.1, 0.15) is 11.6 Å². The fourth-order valence-corrected chi connectivity index (χ4v) is 4.42. The minimum atomic E-state index is -0.641. The molecule has 1 atom stereocenters. The van der Waals surface area contributed by atoms with E-state index in [2.05, 4.69) is 21.0 Å². The van der Waals surface area contributed by atoms with Gasteiger partial charge in [-0.1, -0.05) is 6.07 Å². The third-order valence-corrected chi connectivity index (χ3v) is 5.79. The number of amides is 1. The van der Waals surface area contributed by atoms with Crippen molar-refractivity contribution in [3.05, 3.63) is 75.4 Å². The predicted octanol–water partition coefficient (Wildman–Crippen LogP) is 3.65. The molecule has 0 fully saturated rings. The number of hydrogen-bond acceptors (Lipinski definition) is 3. The van der Waals surface area contributed by atoms with Crippen LogP contribution in [0, 0.1) is 11.6 Å². The lowest BCUT2D eigenvalue weighted by molar-refractivity contribution is 0.0708. The number of benzene rings is 2. The van der Waals surface area contributed by atoms with Crippen molar-refractivity contribution in [2.45, 2.75) is 19.0 Å². The van der Waals surface area contributed by atoms with Crippen molar-refractivity contribution in [3.63, 3.8) is 0 Å². The van der Waals surface area contributed by atoms with Crippen LogP contribution in [0.15, 0.2) is 47.1 Å². The van der Waals surface area contributed by atoms with Crippen LogP contribution in [0.4, 0.5) is 8.78 Å². The quantitative estimate of drug-likeness (QED) is 0.631. The Hall–Kier alpha value is -2.58. The molecule has 0 spiro atoms. The molecule has 29 heavy (non-hydrogen) atoms. The lowest BCUT2D eigenvalue weighted by Crippen LogP contribution is -2.42. The molecule has 8 heteroatoms. The van der Waals surface area contributed by atoms with E-state index in [0.29, 0.717) is 17.7 Å². The number of rotatable bonds is 5. The van der Waals surface area contributed by atoms with Gasteiger partial charge in [-0.25, -0.2) is 8.78 Å². The number of fused-ring (bicyclic) bond motifs is 1. The molecule has 4 rings (SSSR count). The van der Waals surface area contributed by atoms with E-state index >= 15 is 0 Å². The second-order valence-electron chi connectivity index (χ2n) is 7.14. The average Bonchev–Trinajstić information content (AvgIpc) is 3.17. The van der Waals surface area contributed by atoms with Crippen molar-refractivity contribution < 1.29 is 13.6 Å². The lowest BCUT2D eigenvalue weighted by Gasteiger charge is -2.26. The van der Waals surface area contributed by atoms with Gasteiger partial charge in [0.05, 0.1) is 16.4 Å². The van der Waals surface area contributed by atoms with E-state index in [1.54, 1.807) is 15.8 Å². The number of nitrogens with zero attached hydrogens (tertiary/aromatic N) is 3. The summed E-state index contributed by atoms with van der Waals surface area (Å²) < 4.78 is 29.7. The summed E-state index contributed by atoms with van der Waals surface area (Å²) in [6.07, 6.45) is 2.01. The van der Waals surface area contributed by atoms with Crippen LogP contribution < -0.4 is 5.73 Å². The summed E-state index contributed by atoms with van der Waals surface area (Å²) in [7, 11) is 1.85. The van der Waals surface area contributed by atoms with E-state index in [-0.39, 0.29) is 24.9 Å². The summed E-state index contributed by atoms with van der Waals surface area (Å²) in [6.45, 7) is 0.592. The van der Waals surface area contributed by atoms with E-state index in [4.69, 9.17) is 5.73 Å². The zero-order valence-electron chi connectivity index (χ0n) is 15.7. The fraction of sp³-hybridized carbons (Fsp3) is 0.238. The molecule has 0 saturated carbocycles. The first-order valence-electron chi connectivity index (χ1n) is 9.14. The number of aromatic nitrogens is 2. The zero-order valence-corrected chi connectivity index (χ0v) is 17.3. The molecule has 0 radical (unpaired) electrons. The molecule has 0 saturated heterocycles. The SMILES string of the molecule is Cn1ncc(Br)c1-c1ccc2c(c1)CN([C@H](CN)Cc1cc(F)cc(F)c1)C2=O. The van der Waals surface area contributed by atoms with E-state index in [9.17, 15) is 13.6 Å². The smallest absolute Gasteiger partial charge is 0.254 e. The van der Waals surface area contributed by atoms with Gasteiger partial charge in [0.2, 0.25) is 0 Å². The monoisotopic (exact) mass is 460 g/mol. The molecule has 150 valence electrons. The minimum Gasteiger partial charge on any atom is -0.330 e. The van der Waals surface area contributed by atoms with Crippen molar-refractivity contribution >= 4 is 21.8 Å². The van der Waals surface area contributed by atoms with E-state index in [1.165, 1.54) is 12.1 Å². The van der Waals surface area contributed by atoms with Crippen LogP contribution in [0.1, 0.15) is 21.5 Å².